The van der Waals surface area contributed by atoms with Gasteiger partial charge in [0.05, 0.1) is 37.9 Å². The number of rotatable bonds is 11. The van der Waals surface area contributed by atoms with E-state index in [-0.39, 0.29) is 54.1 Å². The molecule has 2 aromatic heterocycles. The first kappa shape index (κ1) is 24.0. The predicted octanol–water partition coefficient (Wildman–Crippen LogP) is 2.46. The number of carbonyl (C=O) groups is 3. The lowest BCUT2D eigenvalue weighted by molar-refractivity contribution is 0.0593. The van der Waals surface area contributed by atoms with E-state index in [9.17, 15) is 24.6 Å². The third-order valence-corrected chi connectivity index (χ3v) is 5.06. The molecule has 3 aromatic rings. The van der Waals surface area contributed by atoms with E-state index in [4.69, 9.17) is 8.83 Å². The van der Waals surface area contributed by atoms with Gasteiger partial charge in [-0.1, -0.05) is 18.2 Å². The van der Waals surface area contributed by atoms with Crippen LogP contribution in [0.4, 0.5) is 0 Å². The second kappa shape index (κ2) is 10.8. The molecule has 0 radical (unpaired) electrons. The molecular formula is C23H24N2O8. The zero-order valence-electron chi connectivity index (χ0n) is 18.2. The molecule has 0 fully saturated rings. The quantitative estimate of drug-likeness (QED) is 0.325. The van der Waals surface area contributed by atoms with Crippen molar-refractivity contribution in [3.63, 3.8) is 0 Å². The van der Waals surface area contributed by atoms with Gasteiger partial charge in [0, 0.05) is 24.0 Å². The second-order valence-electron chi connectivity index (χ2n) is 7.48. The van der Waals surface area contributed by atoms with Crippen LogP contribution in [0.5, 0.6) is 0 Å². The van der Waals surface area contributed by atoms with Crippen LogP contribution in [0.15, 0.2) is 45.6 Å². The van der Waals surface area contributed by atoms with Crippen LogP contribution < -0.4 is 0 Å². The van der Waals surface area contributed by atoms with Crippen LogP contribution in [0, 0.1) is 6.92 Å². The fourth-order valence-electron chi connectivity index (χ4n) is 3.24. The summed E-state index contributed by atoms with van der Waals surface area (Å²) in [5, 5.41) is 19.3. The molecule has 0 amide bonds. The number of aromatic nitrogens is 2. The predicted molar refractivity (Wildman–Crippen MR) is 113 cm³/mol. The number of aliphatic hydroxyl groups is 2. The van der Waals surface area contributed by atoms with Gasteiger partial charge in [0.15, 0.2) is 23.2 Å². The molecule has 0 aliphatic rings. The summed E-state index contributed by atoms with van der Waals surface area (Å²) in [6, 6.07) is 6.18. The number of hydrogen-bond donors (Lipinski definition) is 2. The normalized spacial score (nSPS) is 12.8. The number of nitrogens with zero attached hydrogens (tertiary/aromatic N) is 2. The number of ether oxygens (including phenoxy) is 1. The first-order valence-electron chi connectivity index (χ1n) is 10.2. The smallest absolute Gasteiger partial charge is 0.360 e. The van der Waals surface area contributed by atoms with Crippen molar-refractivity contribution in [3.8, 4) is 0 Å². The third-order valence-electron chi connectivity index (χ3n) is 5.06. The highest BCUT2D eigenvalue weighted by atomic mass is 16.5. The summed E-state index contributed by atoms with van der Waals surface area (Å²) in [6.07, 6.45) is 2.35. The lowest BCUT2D eigenvalue weighted by Crippen LogP contribution is -2.14. The maximum atomic E-state index is 12.8. The van der Waals surface area contributed by atoms with Gasteiger partial charge in [-0.2, -0.15) is 0 Å². The summed E-state index contributed by atoms with van der Waals surface area (Å²) in [5.41, 5.74) is 1.15. The number of oxazole rings is 2. The Morgan fingerprint density at radius 2 is 1.48 bits per heavy atom. The van der Waals surface area contributed by atoms with Gasteiger partial charge in [-0.3, -0.25) is 9.59 Å². The Labute approximate surface area is 189 Å². The molecule has 0 aliphatic heterocycles. The third kappa shape index (κ3) is 5.79. The molecule has 10 nitrogen and oxygen atoms in total. The molecule has 2 atom stereocenters. The highest BCUT2D eigenvalue weighted by Gasteiger charge is 2.25. The summed E-state index contributed by atoms with van der Waals surface area (Å²) < 4.78 is 15.1. The van der Waals surface area contributed by atoms with Crippen molar-refractivity contribution < 1.29 is 38.2 Å². The number of esters is 1. The highest BCUT2D eigenvalue weighted by molar-refractivity contribution is 6.01. The van der Waals surface area contributed by atoms with E-state index in [0.717, 1.165) is 6.26 Å². The minimum absolute atomic E-state index is 0.0329. The van der Waals surface area contributed by atoms with Gasteiger partial charge in [-0.15, -0.1) is 0 Å². The van der Waals surface area contributed by atoms with E-state index in [1.807, 2.05) is 0 Å². The Morgan fingerprint density at radius 1 is 0.939 bits per heavy atom. The highest BCUT2D eigenvalue weighted by Crippen LogP contribution is 2.24. The van der Waals surface area contributed by atoms with Crippen molar-refractivity contribution in [1.82, 2.24) is 9.97 Å². The molecule has 0 bridgehead atoms. The number of benzene rings is 1. The van der Waals surface area contributed by atoms with Crippen molar-refractivity contribution in [2.45, 2.75) is 31.6 Å². The van der Waals surface area contributed by atoms with Gasteiger partial charge >= 0.3 is 5.97 Å². The second-order valence-corrected chi connectivity index (χ2v) is 7.48. The molecule has 0 spiro atoms. The largest absolute Gasteiger partial charge is 0.464 e. The first-order chi connectivity index (χ1) is 15.9. The van der Waals surface area contributed by atoms with Crippen LogP contribution in [-0.2, 0) is 4.74 Å². The van der Waals surface area contributed by atoms with Crippen LogP contribution >= 0.6 is 0 Å². The maximum Gasteiger partial charge on any atom is 0.360 e. The maximum absolute atomic E-state index is 12.8. The standard InChI is InChI=1S/C23H24N2O8/c1-13-11-32-21(24-13)16(9-26)7-19(28)14-4-3-5-15(6-14)20(29)8-17(10-27)22-25-18(12-33-22)23(30)31-2/h3-6,11-12,16-17,26-27H,7-10H2,1-2H3. The van der Waals surface area contributed by atoms with Crippen molar-refractivity contribution in [2.24, 2.45) is 0 Å². The molecule has 3 rings (SSSR count). The van der Waals surface area contributed by atoms with Gasteiger partial charge in [0.25, 0.3) is 0 Å². The van der Waals surface area contributed by atoms with Crippen LogP contribution in [0.25, 0.3) is 0 Å². The Balaban J connectivity index is 1.71. The minimum Gasteiger partial charge on any atom is -0.464 e. The van der Waals surface area contributed by atoms with Gasteiger partial charge in [-0.05, 0) is 13.0 Å². The van der Waals surface area contributed by atoms with E-state index in [1.54, 1.807) is 25.1 Å². The molecule has 10 heteroatoms. The molecule has 1 aromatic carbocycles. The molecule has 2 unspecified atom stereocenters. The Bertz CT molecular complexity index is 1130. The van der Waals surface area contributed by atoms with Gasteiger partial charge in [0.1, 0.15) is 12.5 Å². The molecule has 2 N–H and O–H groups in total. The lowest BCUT2D eigenvalue weighted by atomic mass is 9.94. The van der Waals surface area contributed by atoms with Crippen LogP contribution in [0.2, 0.25) is 0 Å². The lowest BCUT2D eigenvalue weighted by Gasteiger charge is -2.11. The molecule has 33 heavy (non-hydrogen) atoms. The number of aryl methyl sites for hydroxylation is 1. The van der Waals surface area contributed by atoms with E-state index in [0.29, 0.717) is 11.3 Å². The van der Waals surface area contributed by atoms with Crippen LogP contribution in [0.1, 0.15) is 73.4 Å². The van der Waals surface area contributed by atoms with Gasteiger partial charge in [0.2, 0.25) is 5.89 Å². The summed E-state index contributed by atoms with van der Waals surface area (Å²) in [7, 11) is 1.20. The molecule has 0 aliphatic carbocycles. The fourth-order valence-corrected chi connectivity index (χ4v) is 3.24. The van der Waals surface area contributed by atoms with E-state index >= 15 is 0 Å². The van der Waals surface area contributed by atoms with Gasteiger partial charge < -0.3 is 23.8 Å². The van der Waals surface area contributed by atoms with Crippen molar-refractivity contribution in [3.05, 3.63) is 71.1 Å². The average Bonchev–Trinajstić information content (AvgIpc) is 3.49. The summed E-state index contributed by atoms with van der Waals surface area (Å²) >= 11 is 0. The topological polar surface area (TPSA) is 153 Å². The van der Waals surface area contributed by atoms with E-state index < -0.39 is 24.4 Å². The Morgan fingerprint density at radius 3 is 1.97 bits per heavy atom. The van der Waals surface area contributed by atoms with E-state index in [1.165, 1.54) is 19.4 Å². The minimum atomic E-state index is -0.776. The Hall–Kier alpha value is -3.63. The van der Waals surface area contributed by atoms with E-state index in [2.05, 4.69) is 14.7 Å². The number of Topliss-reactive ketones (excluding diaryl/α,β-unsaturated/α-hetero) is 2. The van der Waals surface area contributed by atoms with Crippen LogP contribution in [-0.4, -0.2) is 58.0 Å². The fraction of sp³-hybridized carbons (Fsp3) is 0.348. The van der Waals surface area contributed by atoms with Crippen molar-refractivity contribution >= 4 is 17.5 Å². The number of hydrogen-bond acceptors (Lipinski definition) is 10. The summed E-state index contributed by atoms with van der Waals surface area (Å²) in [5.74, 6) is -2.39. The number of ketones is 2. The zero-order valence-corrected chi connectivity index (χ0v) is 18.2. The molecule has 0 saturated heterocycles. The molecule has 2 heterocycles. The van der Waals surface area contributed by atoms with Crippen molar-refractivity contribution in [1.29, 1.82) is 0 Å². The summed E-state index contributed by atoms with van der Waals surface area (Å²) in [4.78, 5) is 45.3. The molecule has 0 saturated carbocycles. The number of methoxy groups -OCH3 is 1. The summed E-state index contributed by atoms with van der Waals surface area (Å²) in [6.45, 7) is 0.998. The Kier molecular flexibility index (Phi) is 7.86. The van der Waals surface area contributed by atoms with Crippen LogP contribution in [0.3, 0.4) is 0 Å². The number of aliphatic hydroxyl groups excluding tert-OH is 2. The monoisotopic (exact) mass is 456 g/mol. The SMILES string of the molecule is COC(=O)c1coc(C(CO)CC(=O)c2cccc(C(=O)CC(CO)c3nc(C)co3)c2)n1. The van der Waals surface area contributed by atoms with Crippen molar-refractivity contribution in [2.75, 3.05) is 20.3 Å². The molecular weight excluding hydrogens is 432 g/mol. The molecule has 174 valence electrons. The first-order valence-corrected chi connectivity index (χ1v) is 10.2. The number of carbonyl (C=O) groups excluding carboxylic acids is 3. The zero-order chi connectivity index (χ0) is 24.0. The average molecular weight is 456 g/mol. The van der Waals surface area contributed by atoms with Gasteiger partial charge in [-0.25, -0.2) is 14.8 Å².